The van der Waals surface area contributed by atoms with Gasteiger partial charge >= 0.3 is 6.18 Å². The molecule has 1 aromatic heterocycles. The number of benzene rings is 1. The van der Waals surface area contributed by atoms with Gasteiger partial charge in [-0.05, 0) is 42.3 Å². The molecule has 1 aromatic carbocycles. The van der Waals surface area contributed by atoms with Gasteiger partial charge in [0, 0.05) is 16.4 Å². The van der Waals surface area contributed by atoms with Crippen LogP contribution in [0.15, 0.2) is 41.0 Å². The van der Waals surface area contributed by atoms with Crippen molar-refractivity contribution in [2.45, 2.75) is 19.1 Å². The van der Waals surface area contributed by atoms with Gasteiger partial charge in [0.15, 0.2) is 0 Å². The second-order valence-corrected chi connectivity index (χ2v) is 5.30. The Bertz CT molecular complexity index is 609. The van der Waals surface area contributed by atoms with Crippen LogP contribution >= 0.6 is 15.9 Å². The molecule has 20 heavy (non-hydrogen) atoms. The summed E-state index contributed by atoms with van der Waals surface area (Å²) in [5.74, 6) is 0. The molecule has 0 saturated heterocycles. The van der Waals surface area contributed by atoms with E-state index in [1.54, 1.807) is 18.3 Å². The quantitative estimate of drug-likeness (QED) is 0.885. The van der Waals surface area contributed by atoms with Crippen molar-refractivity contribution in [2.24, 2.45) is 5.73 Å². The molecule has 2 rings (SSSR count). The van der Waals surface area contributed by atoms with Crippen LogP contribution in [-0.4, -0.2) is 4.98 Å². The highest BCUT2D eigenvalue weighted by molar-refractivity contribution is 9.10. The number of hydrogen-bond acceptors (Lipinski definition) is 2. The number of pyridine rings is 1. The summed E-state index contributed by atoms with van der Waals surface area (Å²) in [6, 6.07) is 6.32. The lowest BCUT2D eigenvalue weighted by molar-refractivity contribution is -0.137. The van der Waals surface area contributed by atoms with Crippen molar-refractivity contribution in [3.05, 3.63) is 63.4 Å². The third-order valence-electron chi connectivity index (χ3n) is 2.95. The highest BCUT2D eigenvalue weighted by Crippen LogP contribution is 2.34. The molecule has 0 aliphatic rings. The molecule has 1 heterocycles. The highest BCUT2D eigenvalue weighted by atomic mass is 79.9. The Morgan fingerprint density at radius 2 is 1.90 bits per heavy atom. The second kappa shape index (κ2) is 5.54. The molecule has 1 unspecified atom stereocenters. The maximum absolute atomic E-state index is 12.7. The Balaban J connectivity index is 2.43. The predicted octanol–water partition coefficient (Wildman–Crippen LogP) is 4.22. The van der Waals surface area contributed by atoms with Gasteiger partial charge in [0.2, 0.25) is 0 Å². The Morgan fingerprint density at radius 3 is 2.45 bits per heavy atom. The van der Waals surface area contributed by atoms with Gasteiger partial charge in [-0.1, -0.05) is 22.0 Å². The molecule has 106 valence electrons. The monoisotopic (exact) mass is 344 g/mol. The topological polar surface area (TPSA) is 38.9 Å². The van der Waals surface area contributed by atoms with E-state index in [9.17, 15) is 13.2 Å². The first kappa shape index (κ1) is 15.0. The fourth-order valence-corrected chi connectivity index (χ4v) is 2.29. The molecule has 0 fully saturated rings. The van der Waals surface area contributed by atoms with Crippen LogP contribution in [0.4, 0.5) is 13.2 Å². The summed E-state index contributed by atoms with van der Waals surface area (Å²) in [6.45, 7) is 1.83. The van der Waals surface area contributed by atoms with Gasteiger partial charge in [0.05, 0.1) is 11.6 Å². The molecule has 0 bridgehead atoms. The minimum Gasteiger partial charge on any atom is -0.320 e. The fraction of sp³-hybridized carbons (Fsp3) is 0.214. The number of nitrogens with two attached hydrogens (primary N) is 1. The van der Waals surface area contributed by atoms with E-state index in [1.807, 2.05) is 6.92 Å². The van der Waals surface area contributed by atoms with Gasteiger partial charge in [-0.15, -0.1) is 0 Å². The molecular formula is C14H12BrF3N2. The Kier molecular flexibility index (Phi) is 4.15. The van der Waals surface area contributed by atoms with E-state index in [4.69, 9.17) is 5.73 Å². The molecule has 1 atom stereocenters. The third kappa shape index (κ3) is 3.19. The summed E-state index contributed by atoms with van der Waals surface area (Å²) in [4.78, 5) is 4.11. The zero-order valence-electron chi connectivity index (χ0n) is 10.6. The summed E-state index contributed by atoms with van der Waals surface area (Å²) >= 11 is 3.24. The van der Waals surface area contributed by atoms with E-state index >= 15 is 0 Å². The van der Waals surface area contributed by atoms with Crippen molar-refractivity contribution in [1.29, 1.82) is 0 Å². The molecule has 2 aromatic rings. The van der Waals surface area contributed by atoms with Crippen molar-refractivity contribution in [1.82, 2.24) is 4.98 Å². The zero-order valence-corrected chi connectivity index (χ0v) is 12.2. The van der Waals surface area contributed by atoms with Crippen LogP contribution in [0.1, 0.15) is 28.4 Å². The Labute approximate surface area is 123 Å². The van der Waals surface area contributed by atoms with Gasteiger partial charge in [-0.2, -0.15) is 13.2 Å². The van der Waals surface area contributed by atoms with Crippen LogP contribution in [0.5, 0.6) is 0 Å². The number of nitrogens with zero attached hydrogens (tertiary/aromatic N) is 1. The summed E-state index contributed by atoms with van der Waals surface area (Å²) in [6.07, 6.45) is -2.81. The average molecular weight is 345 g/mol. The lowest BCUT2D eigenvalue weighted by atomic mass is 9.99. The molecule has 2 nitrogen and oxygen atoms in total. The first-order chi connectivity index (χ1) is 9.29. The third-order valence-corrected chi connectivity index (χ3v) is 3.67. The largest absolute Gasteiger partial charge is 0.416 e. The van der Waals surface area contributed by atoms with Gasteiger partial charge in [0.25, 0.3) is 0 Å². The molecule has 0 amide bonds. The maximum Gasteiger partial charge on any atom is 0.416 e. The molecular weight excluding hydrogens is 333 g/mol. The molecule has 0 spiro atoms. The number of hydrogen-bond donors (Lipinski definition) is 1. The highest BCUT2D eigenvalue weighted by Gasteiger charge is 2.31. The lowest BCUT2D eigenvalue weighted by Crippen LogP contribution is -2.15. The number of halogens is 4. The summed E-state index contributed by atoms with van der Waals surface area (Å²) in [7, 11) is 0. The van der Waals surface area contributed by atoms with Crippen LogP contribution in [0.25, 0.3) is 0 Å². The number of aryl methyl sites for hydroxylation is 1. The molecule has 6 heteroatoms. The fourth-order valence-electron chi connectivity index (χ4n) is 1.80. The van der Waals surface area contributed by atoms with E-state index in [-0.39, 0.29) is 0 Å². The summed E-state index contributed by atoms with van der Waals surface area (Å²) < 4.78 is 38.8. The van der Waals surface area contributed by atoms with Crippen molar-refractivity contribution in [2.75, 3.05) is 0 Å². The van der Waals surface area contributed by atoms with Crippen LogP contribution < -0.4 is 5.73 Å². The first-order valence-electron chi connectivity index (χ1n) is 5.84. The number of alkyl halides is 3. The zero-order chi connectivity index (χ0) is 14.9. The van der Waals surface area contributed by atoms with Gasteiger partial charge < -0.3 is 5.73 Å². The molecule has 0 radical (unpaired) electrons. The smallest absolute Gasteiger partial charge is 0.320 e. The average Bonchev–Trinajstić information content (AvgIpc) is 2.38. The minimum absolute atomic E-state index is 0.380. The second-order valence-electron chi connectivity index (χ2n) is 4.44. The van der Waals surface area contributed by atoms with Gasteiger partial charge in [-0.25, -0.2) is 0 Å². The van der Waals surface area contributed by atoms with Gasteiger partial charge in [0.1, 0.15) is 0 Å². The van der Waals surface area contributed by atoms with Crippen LogP contribution in [-0.2, 0) is 6.18 Å². The Hall–Kier alpha value is -1.40. The van der Waals surface area contributed by atoms with Crippen molar-refractivity contribution < 1.29 is 13.2 Å². The van der Waals surface area contributed by atoms with E-state index in [0.29, 0.717) is 15.6 Å². The molecule has 0 aliphatic heterocycles. The lowest BCUT2D eigenvalue weighted by Gasteiger charge is -2.16. The van der Waals surface area contributed by atoms with Crippen molar-refractivity contribution >= 4 is 15.9 Å². The van der Waals surface area contributed by atoms with Crippen LogP contribution in [0.3, 0.4) is 0 Å². The standard InChI is InChI=1S/C14H12BrF3N2/c1-8-2-3-9(7-20-8)13(19)11-6-10(14(16,17)18)4-5-12(11)15/h2-7,13H,19H2,1H3. The van der Waals surface area contributed by atoms with Crippen molar-refractivity contribution in [3.63, 3.8) is 0 Å². The van der Waals surface area contributed by atoms with E-state index in [1.165, 1.54) is 6.07 Å². The van der Waals surface area contributed by atoms with E-state index < -0.39 is 17.8 Å². The number of aromatic nitrogens is 1. The maximum atomic E-state index is 12.7. The minimum atomic E-state index is -4.39. The van der Waals surface area contributed by atoms with E-state index in [2.05, 4.69) is 20.9 Å². The van der Waals surface area contributed by atoms with E-state index in [0.717, 1.165) is 17.8 Å². The van der Waals surface area contributed by atoms with Gasteiger partial charge in [-0.3, -0.25) is 4.98 Å². The number of rotatable bonds is 2. The van der Waals surface area contributed by atoms with Crippen LogP contribution in [0.2, 0.25) is 0 Å². The Morgan fingerprint density at radius 1 is 1.20 bits per heavy atom. The molecule has 2 N–H and O–H groups in total. The SMILES string of the molecule is Cc1ccc(C(N)c2cc(C(F)(F)F)ccc2Br)cn1. The van der Waals surface area contributed by atoms with Crippen LogP contribution in [0, 0.1) is 6.92 Å². The first-order valence-corrected chi connectivity index (χ1v) is 6.63. The molecule has 0 aliphatic carbocycles. The summed E-state index contributed by atoms with van der Waals surface area (Å²) in [5.41, 5.74) is 7.19. The normalized spacial score (nSPS) is 13.3. The van der Waals surface area contributed by atoms with Crippen molar-refractivity contribution in [3.8, 4) is 0 Å². The molecule has 0 saturated carbocycles. The summed E-state index contributed by atoms with van der Waals surface area (Å²) in [5, 5.41) is 0. The predicted molar refractivity (Wildman–Crippen MR) is 74.1 cm³/mol.